The summed E-state index contributed by atoms with van der Waals surface area (Å²) in [6, 6.07) is 19.0. The lowest BCUT2D eigenvalue weighted by Crippen LogP contribution is -2.67. The number of nitrogens with zero attached hydrogens (tertiary/aromatic N) is 2. The largest absolute Gasteiger partial charge is 0.395 e. The van der Waals surface area contributed by atoms with Gasteiger partial charge in [-0.05, 0) is 43.0 Å². The Kier molecular flexibility index (Phi) is 6.06. The molecule has 29 heavy (non-hydrogen) atoms. The van der Waals surface area contributed by atoms with E-state index in [0.717, 1.165) is 19.4 Å². The van der Waals surface area contributed by atoms with Crippen LogP contribution in [0.15, 0.2) is 54.6 Å². The minimum Gasteiger partial charge on any atom is -0.395 e. The number of rotatable bonds is 5. The topological polar surface area (TPSA) is 60.9 Å². The highest BCUT2D eigenvalue weighted by Gasteiger charge is 2.49. The number of hydrogen-bond donors (Lipinski definition) is 1. The molecule has 5 nitrogen and oxygen atoms in total. The van der Waals surface area contributed by atoms with E-state index in [0.29, 0.717) is 13.1 Å². The van der Waals surface area contributed by atoms with Gasteiger partial charge in [0.2, 0.25) is 10.0 Å². The molecule has 6 heteroatoms. The first kappa shape index (κ1) is 20.5. The molecule has 0 amide bonds. The second-order valence-corrected chi connectivity index (χ2v) is 10.3. The Balaban J connectivity index is 1.60. The summed E-state index contributed by atoms with van der Waals surface area (Å²) in [7, 11) is -3.21. The van der Waals surface area contributed by atoms with Crippen molar-refractivity contribution in [3.63, 3.8) is 0 Å². The third-order valence-electron chi connectivity index (χ3n) is 6.49. The zero-order valence-corrected chi connectivity index (χ0v) is 17.8. The van der Waals surface area contributed by atoms with Crippen molar-refractivity contribution in [2.24, 2.45) is 0 Å². The zero-order chi connectivity index (χ0) is 20.4. The van der Waals surface area contributed by atoms with Crippen molar-refractivity contribution in [1.29, 1.82) is 0 Å². The van der Waals surface area contributed by atoms with Crippen LogP contribution in [0, 0.1) is 0 Å². The smallest absolute Gasteiger partial charge is 0.213 e. The fourth-order valence-corrected chi connectivity index (χ4v) is 6.02. The lowest BCUT2D eigenvalue weighted by Gasteiger charge is -2.57. The highest BCUT2D eigenvalue weighted by Crippen LogP contribution is 2.42. The molecule has 2 aliphatic heterocycles. The first-order chi connectivity index (χ1) is 14.0. The second kappa shape index (κ2) is 8.56. The Labute approximate surface area is 174 Å². The van der Waals surface area contributed by atoms with Crippen molar-refractivity contribution in [2.45, 2.75) is 37.8 Å². The van der Waals surface area contributed by atoms with Gasteiger partial charge in [-0.15, -0.1) is 0 Å². The number of aliphatic hydroxyl groups excluding tert-OH is 1. The Morgan fingerprint density at radius 2 is 1.62 bits per heavy atom. The molecular formula is C23H30N2O3S. The third-order valence-corrected chi connectivity index (χ3v) is 8.34. The molecule has 2 aliphatic rings. The zero-order valence-electron chi connectivity index (χ0n) is 16.9. The SMILES string of the molecule is CCS(=O)(=O)N1CCCCN2[C@@H](CO)[C@@H](c3ccc(-c4ccccc4)cc3)[C@@H]2C1. The standard InChI is InChI=1S/C23H30N2O3S/c1-2-29(27,28)24-14-6-7-15-25-21(16-24)23(22(25)17-26)20-12-10-19(11-13-20)18-8-4-3-5-9-18/h3-5,8-13,21-23,26H,2,6-7,14-17H2,1H3/t21-,22-,23-/m0/s1. The van der Waals surface area contributed by atoms with E-state index in [9.17, 15) is 13.5 Å². The van der Waals surface area contributed by atoms with Gasteiger partial charge in [-0.2, -0.15) is 0 Å². The maximum Gasteiger partial charge on any atom is 0.213 e. The van der Waals surface area contributed by atoms with Crippen LogP contribution in [0.3, 0.4) is 0 Å². The normalized spacial score (nSPS) is 26.2. The monoisotopic (exact) mass is 414 g/mol. The average molecular weight is 415 g/mol. The van der Waals surface area contributed by atoms with Crippen molar-refractivity contribution in [1.82, 2.24) is 9.21 Å². The molecule has 0 bridgehead atoms. The molecule has 2 saturated heterocycles. The lowest BCUT2D eigenvalue weighted by atomic mass is 9.74. The van der Waals surface area contributed by atoms with Gasteiger partial charge in [0.25, 0.3) is 0 Å². The van der Waals surface area contributed by atoms with Gasteiger partial charge in [-0.3, -0.25) is 4.90 Å². The predicted molar refractivity (Wildman–Crippen MR) is 116 cm³/mol. The molecular weight excluding hydrogens is 384 g/mol. The highest BCUT2D eigenvalue weighted by atomic mass is 32.2. The van der Waals surface area contributed by atoms with Crippen molar-refractivity contribution >= 4 is 10.0 Å². The van der Waals surface area contributed by atoms with Gasteiger partial charge in [-0.25, -0.2) is 12.7 Å². The van der Waals surface area contributed by atoms with Gasteiger partial charge in [-0.1, -0.05) is 54.6 Å². The maximum absolute atomic E-state index is 12.5. The summed E-state index contributed by atoms with van der Waals surface area (Å²) in [6.07, 6.45) is 1.83. The van der Waals surface area contributed by atoms with Crippen molar-refractivity contribution < 1.29 is 13.5 Å². The number of fused-ring (bicyclic) bond motifs is 1. The molecule has 0 saturated carbocycles. The van der Waals surface area contributed by atoms with Gasteiger partial charge in [0.1, 0.15) is 0 Å². The van der Waals surface area contributed by atoms with E-state index in [1.165, 1.54) is 16.7 Å². The van der Waals surface area contributed by atoms with Crippen LogP contribution in [0.4, 0.5) is 0 Å². The highest BCUT2D eigenvalue weighted by molar-refractivity contribution is 7.89. The van der Waals surface area contributed by atoms with Crippen LogP contribution in [-0.4, -0.2) is 66.8 Å². The van der Waals surface area contributed by atoms with Gasteiger partial charge in [0.05, 0.1) is 12.4 Å². The fourth-order valence-electron chi connectivity index (χ4n) is 4.87. The van der Waals surface area contributed by atoms with E-state index >= 15 is 0 Å². The molecule has 0 aliphatic carbocycles. The molecule has 2 aromatic rings. The van der Waals surface area contributed by atoms with E-state index in [1.807, 2.05) is 18.2 Å². The minimum atomic E-state index is -3.21. The van der Waals surface area contributed by atoms with Crippen LogP contribution in [0.5, 0.6) is 0 Å². The van der Waals surface area contributed by atoms with E-state index in [1.54, 1.807) is 11.2 Å². The van der Waals surface area contributed by atoms with Crippen molar-refractivity contribution in [3.8, 4) is 11.1 Å². The van der Waals surface area contributed by atoms with E-state index in [4.69, 9.17) is 0 Å². The average Bonchev–Trinajstić information content (AvgIpc) is 2.73. The van der Waals surface area contributed by atoms with Gasteiger partial charge in [0.15, 0.2) is 0 Å². The molecule has 156 valence electrons. The van der Waals surface area contributed by atoms with Gasteiger partial charge < -0.3 is 5.11 Å². The third kappa shape index (κ3) is 3.99. The summed E-state index contributed by atoms with van der Waals surface area (Å²) in [5.74, 6) is 0.289. The quantitative estimate of drug-likeness (QED) is 0.817. The number of hydrogen-bond acceptors (Lipinski definition) is 4. The number of aliphatic hydroxyl groups is 1. The molecule has 1 N–H and O–H groups in total. The molecule has 0 radical (unpaired) electrons. The van der Waals surface area contributed by atoms with Crippen LogP contribution in [-0.2, 0) is 10.0 Å². The second-order valence-electron chi connectivity index (χ2n) is 8.03. The van der Waals surface area contributed by atoms with Crippen LogP contribution < -0.4 is 0 Å². The number of benzene rings is 2. The summed E-state index contributed by atoms with van der Waals surface area (Å²) in [5.41, 5.74) is 3.53. The molecule has 4 rings (SSSR count). The Morgan fingerprint density at radius 1 is 0.966 bits per heavy atom. The molecule has 2 aromatic carbocycles. The Hall–Kier alpha value is -1.73. The summed E-state index contributed by atoms with van der Waals surface area (Å²) < 4.78 is 26.8. The summed E-state index contributed by atoms with van der Waals surface area (Å²) in [4.78, 5) is 2.31. The van der Waals surface area contributed by atoms with Crippen molar-refractivity contribution in [3.05, 3.63) is 60.2 Å². The Morgan fingerprint density at radius 3 is 2.28 bits per heavy atom. The van der Waals surface area contributed by atoms with Gasteiger partial charge >= 0.3 is 0 Å². The van der Waals surface area contributed by atoms with Crippen LogP contribution in [0.1, 0.15) is 31.2 Å². The van der Waals surface area contributed by atoms with E-state index < -0.39 is 10.0 Å². The summed E-state index contributed by atoms with van der Waals surface area (Å²) in [5, 5.41) is 10.0. The van der Waals surface area contributed by atoms with Crippen LogP contribution in [0.25, 0.3) is 11.1 Å². The fraction of sp³-hybridized carbons (Fsp3) is 0.478. The first-order valence-electron chi connectivity index (χ1n) is 10.5. The maximum atomic E-state index is 12.5. The Bertz CT molecular complexity index is 915. The predicted octanol–water partition coefficient (Wildman–Crippen LogP) is 2.93. The number of sulfonamides is 1. The molecule has 3 atom stereocenters. The molecule has 2 fully saturated rings. The summed E-state index contributed by atoms with van der Waals surface area (Å²) in [6.45, 7) is 3.85. The van der Waals surface area contributed by atoms with Crippen LogP contribution >= 0.6 is 0 Å². The lowest BCUT2D eigenvalue weighted by molar-refractivity contribution is -0.0553. The minimum absolute atomic E-state index is 0.0619. The van der Waals surface area contributed by atoms with Crippen molar-refractivity contribution in [2.75, 3.05) is 32.0 Å². The first-order valence-corrected chi connectivity index (χ1v) is 12.2. The van der Waals surface area contributed by atoms with E-state index in [-0.39, 0.29) is 30.4 Å². The van der Waals surface area contributed by atoms with Crippen LogP contribution in [0.2, 0.25) is 0 Å². The molecule has 0 spiro atoms. The summed E-state index contributed by atoms with van der Waals surface area (Å²) >= 11 is 0. The molecule has 0 aromatic heterocycles. The van der Waals surface area contributed by atoms with E-state index in [2.05, 4.69) is 41.3 Å². The molecule has 0 unspecified atom stereocenters. The van der Waals surface area contributed by atoms with Gasteiger partial charge in [0, 0.05) is 31.1 Å². The molecule has 2 heterocycles.